The molecule has 1 aromatic rings. The lowest BCUT2D eigenvalue weighted by atomic mass is 9.78. The lowest BCUT2D eigenvalue weighted by Gasteiger charge is -2.32. The third-order valence-corrected chi connectivity index (χ3v) is 5.11. The van der Waals surface area contributed by atoms with Crippen LogP contribution in [0, 0.1) is 5.92 Å². The van der Waals surface area contributed by atoms with Crippen molar-refractivity contribution in [2.75, 3.05) is 13.7 Å². The highest BCUT2D eigenvalue weighted by atomic mass is 16.7. The predicted octanol–water partition coefficient (Wildman–Crippen LogP) is 2.56. The molecule has 0 radical (unpaired) electrons. The summed E-state index contributed by atoms with van der Waals surface area (Å²) in [5.74, 6) is 0.742. The van der Waals surface area contributed by atoms with E-state index in [-0.39, 0.29) is 0 Å². The molecule has 2 fully saturated rings. The number of hydrogen-bond acceptors (Lipinski definition) is 5. The monoisotopic (exact) mass is 332 g/mol. The van der Waals surface area contributed by atoms with E-state index in [0.717, 1.165) is 5.46 Å². The van der Waals surface area contributed by atoms with Crippen LogP contribution in [0.2, 0.25) is 0 Å². The third-order valence-electron chi connectivity index (χ3n) is 5.11. The molecule has 0 spiro atoms. The van der Waals surface area contributed by atoms with Crippen LogP contribution in [0.5, 0.6) is 5.75 Å². The van der Waals surface area contributed by atoms with Gasteiger partial charge in [0, 0.05) is 0 Å². The Hall–Kier alpha value is -1.53. The third kappa shape index (κ3) is 3.30. The molecule has 1 heterocycles. The molecule has 6 heteroatoms. The highest BCUT2D eigenvalue weighted by molar-refractivity contribution is 6.62. The first-order chi connectivity index (χ1) is 11.2. The highest BCUT2D eigenvalue weighted by Crippen LogP contribution is 2.37. The lowest BCUT2D eigenvalue weighted by molar-refractivity contribution is 0.00578. The van der Waals surface area contributed by atoms with Crippen LogP contribution in [0.15, 0.2) is 18.2 Å². The predicted molar refractivity (Wildman–Crippen MR) is 91.7 cm³/mol. The lowest BCUT2D eigenvalue weighted by Crippen LogP contribution is -2.41. The second-order valence-corrected chi connectivity index (χ2v) is 7.59. The average molecular weight is 332 g/mol. The number of rotatable bonds is 5. The summed E-state index contributed by atoms with van der Waals surface area (Å²) >= 11 is 0. The molecule has 0 unspecified atom stereocenters. The van der Waals surface area contributed by atoms with Gasteiger partial charge in [-0.25, -0.2) is 4.79 Å². The molecule has 1 aliphatic carbocycles. The van der Waals surface area contributed by atoms with Crippen molar-refractivity contribution < 1.29 is 23.6 Å². The van der Waals surface area contributed by atoms with Crippen molar-refractivity contribution >= 4 is 18.6 Å². The maximum atomic E-state index is 12.1. The van der Waals surface area contributed by atoms with Crippen LogP contribution in [-0.2, 0) is 14.0 Å². The van der Waals surface area contributed by atoms with E-state index >= 15 is 0 Å². The van der Waals surface area contributed by atoms with Crippen molar-refractivity contribution in [1.29, 1.82) is 0 Å². The van der Waals surface area contributed by atoms with Crippen molar-refractivity contribution in [3.05, 3.63) is 23.8 Å². The highest BCUT2D eigenvalue weighted by Gasteiger charge is 2.51. The molecular formula is C18H25BO5. The van der Waals surface area contributed by atoms with Gasteiger partial charge in [0.2, 0.25) is 0 Å². The molecule has 2 aliphatic rings. The first-order valence-corrected chi connectivity index (χ1v) is 8.44. The smallest absolute Gasteiger partial charge is 0.492 e. The second-order valence-electron chi connectivity index (χ2n) is 7.59. The molecular weight excluding hydrogens is 307 g/mol. The van der Waals surface area contributed by atoms with Gasteiger partial charge in [0.15, 0.2) is 0 Å². The summed E-state index contributed by atoms with van der Waals surface area (Å²) in [7, 11) is 0.852. The summed E-state index contributed by atoms with van der Waals surface area (Å²) in [5.41, 5.74) is 0.340. The molecule has 130 valence electrons. The van der Waals surface area contributed by atoms with Crippen LogP contribution in [0.25, 0.3) is 0 Å². The number of hydrogen-bond donors (Lipinski definition) is 0. The van der Waals surface area contributed by atoms with Crippen LogP contribution in [0.1, 0.15) is 50.9 Å². The van der Waals surface area contributed by atoms with Gasteiger partial charge in [0.1, 0.15) is 11.3 Å². The maximum absolute atomic E-state index is 12.1. The Morgan fingerprint density at radius 1 is 1.21 bits per heavy atom. The van der Waals surface area contributed by atoms with Gasteiger partial charge in [-0.15, -0.1) is 0 Å². The van der Waals surface area contributed by atoms with Gasteiger partial charge in [0.25, 0.3) is 0 Å². The Labute approximate surface area is 143 Å². The van der Waals surface area contributed by atoms with E-state index in [1.54, 1.807) is 12.1 Å². The molecule has 5 nitrogen and oxygen atoms in total. The summed E-state index contributed by atoms with van der Waals surface area (Å²) in [4.78, 5) is 12.1. The minimum atomic E-state index is -0.518. The van der Waals surface area contributed by atoms with E-state index in [1.807, 2.05) is 33.8 Å². The molecule has 0 N–H and O–H groups in total. The SMILES string of the molecule is COC(=O)c1cc(B2OC(C)(C)C(C)(C)O2)ccc1OCC1CC1. The first kappa shape index (κ1) is 17.3. The molecule has 24 heavy (non-hydrogen) atoms. The van der Waals surface area contributed by atoms with E-state index in [2.05, 4.69) is 0 Å². The van der Waals surface area contributed by atoms with Crippen molar-refractivity contribution in [1.82, 2.24) is 0 Å². The molecule has 0 atom stereocenters. The van der Waals surface area contributed by atoms with Gasteiger partial charge < -0.3 is 18.8 Å². The number of carbonyl (C=O) groups is 1. The Morgan fingerprint density at radius 2 is 1.83 bits per heavy atom. The topological polar surface area (TPSA) is 54.0 Å². The van der Waals surface area contributed by atoms with Crippen molar-refractivity contribution in [2.45, 2.75) is 51.7 Å². The van der Waals surface area contributed by atoms with Crippen LogP contribution < -0.4 is 10.2 Å². The number of esters is 1. The zero-order valence-corrected chi connectivity index (χ0v) is 15.0. The molecule has 0 aromatic heterocycles. The number of carbonyl (C=O) groups excluding carboxylic acids is 1. The van der Waals surface area contributed by atoms with Gasteiger partial charge in [0.05, 0.1) is 24.9 Å². The standard InChI is InChI=1S/C18H25BO5/c1-17(2)18(3,4)24-19(23-17)13-8-9-15(22-11-12-6-7-12)14(10-13)16(20)21-5/h8-10,12H,6-7,11H2,1-5H3. The van der Waals surface area contributed by atoms with Gasteiger partial charge in [-0.2, -0.15) is 0 Å². The van der Waals surface area contributed by atoms with Gasteiger partial charge >= 0.3 is 13.1 Å². The second kappa shape index (κ2) is 6.08. The fourth-order valence-corrected chi connectivity index (χ4v) is 2.56. The Morgan fingerprint density at radius 3 is 2.38 bits per heavy atom. The molecule has 1 saturated carbocycles. The average Bonchev–Trinajstić information content (AvgIpc) is 3.31. The summed E-state index contributed by atoms with van der Waals surface area (Å²) < 4.78 is 22.8. The van der Waals surface area contributed by atoms with Gasteiger partial charge in [-0.3, -0.25) is 0 Å². The van der Waals surface area contributed by atoms with E-state index < -0.39 is 24.3 Å². The summed E-state index contributed by atoms with van der Waals surface area (Å²) in [6, 6.07) is 5.43. The number of benzene rings is 1. The quantitative estimate of drug-likeness (QED) is 0.613. The Balaban J connectivity index is 1.85. The first-order valence-electron chi connectivity index (χ1n) is 8.44. The zero-order valence-electron chi connectivity index (χ0n) is 15.0. The summed E-state index contributed by atoms with van der Waals surface area (Å²) in [5, 5.41) is 0. The molecule has 0 amide bonds. The van der Waals surface area contributed by atoms with E-state index in [4.69, 9.17) is 18.8 Å². The largest absolute Gasteiger partial charge is 0.494 e. The number of ether oxygens (including phenoxy) is 2. The molecule has 1 aliphatic heterocycles. The fraction of sp³-hybridized carbons (Fsp3) is 0.611. The van der Waals surface area contributed by atoms with Crippen LogP contribution in [0.3, 0.4) is 0 Å². The molecule has 1 saturated heterocycles. The molecule has 1 aromatic carbocycles. The maximum Gasteiger partial charge on any atom is 0.494 e. The van der Waals surface area contributed by atoms with Crippen molar-refractivity contribution in [3.8, 4) is 5.75 Å². The van der Waals surface area contributed by atoms with E-state index in [9.17, 15) is 4.79 Å². The Bertz CT molecular complexity index is 620. The summed E-state index contributed by atoms with van der Waals surface area (Å²) in [6.45, 7) is 8.64. The van der Waals surface area contributed by atoms with E-state index in [1.165, 1.54) is 20.0 Å². The molecule has 0 bridgehead atoms. The number of methoxy groups -OCH3 is 1. The van der Waals surface area contributed by atoms with Crippen molar-refractivity contribution in [3.63, 3.8) is 0 Å². The van der Waals surface area contributed by atoms with Gasteiger partial charge in [-0.05, 0) is 64.1 Å². The minimum absolute atomic E-state index is 0.408. The Kier molecular flexibility index (Phi) is 4.38. The van der Waals surface area contributed by atoms with E-state index in [0.29, 0.717) is 23.8 Å². The van der Waals surface area contributed by atoms with Crippen LogP contribution >= 0.6 is 0 Å². The molecule has 3 rings (SSSR count). The fourth-order valence-electron chi connectivity index (χ4n) is 2.56. The normalized spacial score (nSPS) is 21.6. The van der Waals surface area contributed by atoms with Gasteiger partial charge in [-0.1, -0.05) is 6.07 Å². The van der Waals surface area contributed by atoms with Crippen LogP contribution in [-0.4, -0.2) is 38.0 Å². The summed E-state index contributed by atoms with van der Waals surface area (Å²) in [6.07, 6.45) is 2.39. The minimum Gasteiger partial charge on any atom is -0.492 e. The van der Waals surface area contributed by atoms with Crippen LogP contribution in [0.4, 0.5) is 0 Å². The zero-order chi connectivity index (χ0) is 17.5. The van der Waals surface area contributed by atoms with Crippen molar-refractivity contribution in [2.24, 2.45) is 5.92 Å².